The number of methoxy groups -OCH3 is 1. The van der Waals surface area contributed by atoms with Gasteiger partial charge in [0.1, 0.15) is 5.75 Å². The average Bonchev–Trinajstić information content (AvgIpc) is 3.35. The van der Waals surface area contributed by atoms with Crippen molar-refractivity contribution < 1.29 is 14.6 Å². The maximum Gasteiger partial charge on any atom is 0.272 e. The number of aliphatic hydroxyl groups is 1. The molecule has 0 saturated carbocycles. The normalized spacial score (nSPS) is 15.2. The van der Waals surface area contributed by atoms with E-state index in [1.807, 2.05) is 48.5 Å². The Labute approximate surface area is 206 Å². The number of piperazine rings is 1. The Morgan fingerprint density at radius 2 is 1.69 bits per heavy atom. The molecule has 2 heterocycles. The van der Waals surface area contributed by atoms with Crippen molar-refractivity contribution in [3.8, 4) is 5.75 Å². The van der Waals surface area contributed by atoms with E-state index in [9.17, 15) is 4.79 Å². The summed E-state index contributed by atoms with van der Waals surface area (Å²) in [5, 5.41) is 17.8. The van der Waals surface area contributed by atoms with Gasteiger partial charge in [-0.25, -0.2) is 5.43 Å². The van der Waals surface area contributed by atoms with Crippen LogP contribution in [0.5, 0.6) is 5.75 Å². The predicted molar refractivity (Wildman–Crippen MR) is 134 cm³/mol. The highest BCUT2D eigenvalue weighted by atomic mass is 16.5. The van der Waals surface area contributed by atoms with E-state index in [-0.39, 0.29) is 17.9 Å². The number of carbonyl (C=O) groups is 1. The number of rotatable bonds is 9. The highest BCUT2D eigenvalue weighted by Gasteiger charge is 2.27. The molecule has 0 radical (unpaired) electrons. The van der Waals surface area contributed by atoms with Crippen molar-refractivity contribution in [1.29, 1.82) is 0 Å². The molecule has 0 spiro atoms. The van der Waals surface area contributed by atoms with E-state index >= 15 is 0 Å². The van der Waals surface area contributed by atoms with Gasteiger partial charge in [-0.1, -0.05) is 43.0 Å². The van der Waals surface area contributed by atoms with E-state index in [0.29, 0.717) is 5.56 Å². The molecule has 1 amide bonds. The van der Waals surface area contributed by atoms with E-state index in [2.05, 4.69) is 39.3 Å². The molecular weight excluding hydrogens is 444 g/mol. The number of hydrogen-bond donors (Lipinski definition) is 2. The van der Waals surface area contributed by atoms with Crippen LogP contribution in [0.2, 0.25) is 0 Å². The second-order valence-electron chi connectivity index (χ2n) is 9.35. The van der Waals surface area contributed by atoms with Crippen molar-refractivity contribution in [3.63, 3.8) is 0 Å². The molecule has 2 aromatic carbocycles. The van der Waals surface area contributed by atoms with Crippen LogP contribution in [-0.2, 0) is 12.0 Å². The third-order valence-corrected chi connectivity index (χ3v) is 6.65. The number of nitrogens with zero attached hydrogens (tertiary/aromatic N) is 5. The quantitative estimate of drug-likeness (QED) is 0.486. The van der Waals surface area contributed by atoms with Crippen molar-refractivity contribution in [1.82, 2.24) is 24.9 Å². The molecule has 0 unspecified atom stereocenters. The monoisotopic (exact) mass is 478 g/mol. The summed E-state index contributed by atoms with van der Waals surface area (Å²) in [6.07, 6.45) is 1.67. The molecular formula is C26H34N6O3. The fraction of sp³-hybridized carbons (Fsp3) is 0.423. The number of benzene rings is 2. The first-order chi connectivity index (χ1) is 16.9. The molecule has 3 aromatic rings. The summed E-state index contributed by atoms with van der Waals surface area (Å²) in [7, 11) is 1.64. The van der Waals surface area contributed by atoms with Crippen LogP contribution in [0.1, 0.15) is 41.0 Å². The average molecular weight is 479 g/mol. The molecule has 0 atom stereocenters. The first-order valence-electron chi connectivity index (χ1n) is 11.9. The minimum atomic E-state index is -0.388. The molecule has 9 nitrogen and oxygen atoms in total. The van der Waals surface area contributed by atoms with Gasteiger partial charge in [0.2, 0.25) is 0 Å². The molecule has 0 bridgehead atoms. The summed E-state index contributed by atoms with van der Waals surface area (Å²) >= 11 is 0. The highest BCUT2D eigenvalue weighted by molar-refractivity contribution is 5.99. The van der Waals surface area contributed by atoms with E-state index in [1.165, 1.54) is 4.91 Å². The molecule has 2 N–H and O–H groups in total. The third-order valence-electron chi connectivity index (χ3n) is 6.65. The molecule has 1 aliphatic heterocycles. The Balaban J connectivity index is 1.33. The van der Waals surface area contributed by atoms with Gasteiger partial charge >= 0.3 is 0 Å². The van der Waals surface area contributed by atoms with Crippen molar-refractivity contribution in [3.05, 3.63) is 77.1 Å². The summed E-state index contributed by atoms with van der Waals surface area (Å²) in [6, 6.07) is 15.5. The lowest BCUT2D eigenvalue weighted by Gasteiger charge is -2.34. The van der Waals surface area contributed by atoms with E-state index in [4.69, 9.17) is 9.84 Å². The zero-order valence-electron chi connectivity index (χ0n) is 20.6. The van der Waals surface area contributed by atoms with E-state index in [1.54, 1.807) is 13.3 Å². The largest absolute Gasteiger partial charge is 0.497 e. The van der Waals surface area contributed by atoms with Gasteiger partial charge in [-0.2, -0.15) is 0 Å². The lowest BCUT2D eigenvalue weighted by molar-refractivity contribution is 0.100. The second-order valence-corrected chi connectivity index (χ2v) is 9.35. The summed E-state index contributed by atoms with van der Waals surface area (Å²) in [5.41, 5.74) is 5.88. The number of aliphatic hydroxyl groups excluding tert-OH is 1. The van der Waals surface area contributed by atoms with Gasteiger partial charge in [0.05, 0.1) is 25.6 Å². The molecule has 1 saturated heterocycles. The van der Waals surface area contributed by atoms with Crippen LogP contribution in [0.3, 0.4) is 0 Å². The Morgan fingerprint density at radius 3 is 2.31 bits per heavy atom. The number of carbonyl (C=O) groups excluding carboxylic acids is 1. The SMILES string of the molecule is COc1ccc(C(C)(C)c2cnn(NC(=O)c3ccc(CN4CCN(CCO)CC4)cc3)n2)cc1. The maximum atomic E-state index is 12.8. The first-order valence-corrected chi connectivity index (χ1v) is 11.9. The number of hydrogen-bond acceptors (Lipinski definition) is 7. The van der Waals surface area contributed by atoms with Crippen LogP contribution >= 0.6 is 0 Å². The second kappa shape index (κ2) is 11.0. The van der Waals surface area contributed by atoms with Crippen molar-refractivity contribution in [2.24, 2.45) is 0 Å². The first kappa shape index (κ1) is 24.8. The number of ether oxygens (including phenoxy) is 1. The number of aromatic nitrogens is 3. The Kier molecular flexibility index (Phi) is 7.80. The zero-order valence-corrected chi connectivity index (χ0v) is 20.6. The minimum Gasteiger partial charge on any atom is -0.497 e. The smallest absolute Gasteiger partial charge is 0.272 e. The van der Waals surface area contributed by atoms with Crippen LogP contribution in [0.25, 0.3) is 0 Å². The number of nitrogens with one attached hydrogen (secondary N) is 1. The standard InChI is InChI=1S/C26H34N6O3/c1-26(2,22-8-10-23(35-3)11-9-22)24-18-27-32(28-24)29-25(34)21-6-4-20(5-7-21)19-31-14-12-30(13-15-31)16-17-33/h4-11,18,33H,12-17,19H2,1-3H3,(H,29,34). The van der Waals surface area contributed by atoms with Crippen LogP contribution in [0.4, 0.5) is 0 Å². The fourth-order valence-electron chi connectivity index (χ4n) is 4.25. The summed E-state index contributed by atoms with van der Waals surface area (Å²) in [5.74, 6) is 0.533. The molecule has 1 fully saturated rings. The van der Waals surface area contributed by atoms with Gasteiger partial charge in [-0.05, 0) is 35.4 Å². The van der Waals surface area contributed by atoms with Crippen molar-refractivity contribution >= 4 is 5.91 Å². The Bertz CT molecular complexity index is 1100. The summed E-state index contributed by atoms with van der Waals surface area (Å²) < 4.78 is 5.24. The van der Waals surface area contributed by atoms with Crippen molar-refractivity contribution in [2.45, 2.75) is 25.8 Å². The van der Waals surface area contributed by atoms with Gasteiger partial charge in [0, 0.05) is 50.2 Å². The molecule has 1 aliphatic rings. The van der Waals surface area contributed by atoms with Gasteiger partial charge < -0.3 is 9.84 Å². The van der Waals surface area contributed by atoms with Crippen molar-refractivity contribution in [2.75, 3.05) is 51.9 Å². The number of β-amino-alcohol motifs (C(OH)–C–C–N with tert-alkyl or cyclic N) is 1. The fourth-order valence-corrected chi connectivity index (χ4v) is 4.25. The maximum absolute atomic E-state index is 12.8. The van der Waals surface area contributed by atoms with Gasteiger partial charge in [0.25, 0.3) is 5.91 Å². The lowest BCUT2D eigenvalue weighted by atomic mass is 9.82. The Hall–Kier alpha value is -3.27. The molecule has 9 heteroatoms. The third kappa shape index (κ3) is 6.05. The van der Waals surface area contributed by atoms with Gasteiger partial charge in [-0.3, -0.25) is 14.6 Å². The lowest BCUT2D eigenvalue weighted by Crippen LogP contribution is -2.46. The van der Waals surface area contributed by atoms with E-state index in [0.717, 1.165) is 61.8 Å². The number of amides is 1. The molecule has 35 heavy (non-hydrogen) atoms. The van der Waals surface area contributed by atoms with Crippen LogP contribution in [-0.4, -0.2) is 82.4 Å². The molecule has 186 valence electrons. The topological polar surface area (TPSA) is 95.8 Å². The molecule has 1 aromatic heterocycles. The predicted octanol–water partition coefficient (Wildman–Crippen LogP) is 2.11. The van der Waals surface area contributed by atoms with Gasteiger partial charge in [0.15, 0.2) is 0 Å². The van der Waals surface area contributed by atoms with Gasteiger partial charge in [-0.15, -0.1) is 10.2 Å². The highest BCUT2D eigenvalue weighted by Crippen LogP contribution is 2.30. The molecule has 0 aliphatic carbocycles. The zero-order chi connectivity index (χ0) is 24.8. The van der Waals surface area contributed by atoms with Crippen LogP contribution in [0.15, 0.2) is 54.7 Å². The summed E-state index contributed by atoms with van der Waals surface area (Å²) in [4.78, 5) is 18.6. The molecule has 4 rings (SSSR count). The van der Waals surface area contributed by atoms with E-state index < -0.39 is 0 Å². The van der Waals surface area contributed by atoms with Crippen LogP contribution < -0.4 is 10.2 Å². The van der Waals surface area contributed by atoms with Crippen LogP contribution in [0, 0.1) is 0 Å². The minimum absolute atomic E-state index is 0.208. The Morgan fingerprint density at radius 1 is 1.03 bits per heavy atom. The summed E-state index contributed by atoms with van der Waals surface area (Å²) in [6.45, 7) is 9.81.